The van der Waals surface area contributed by atoms with Crippen molar-refractivity contribution in [1.82, 2.24) is 0 Å². The SMILES string of the molecule is CSc1cccc(CS(=O)(=O)Cl)c1. The van der Waals surface area contributed by atoms with Gasteiger partial charge in [0.15, 0.2) is 0 Å². The topological polar surface area (TPSA) is 34.1 Å². The molecule has 0 unspecified atom stereocenters. The Hall–Kier alpha value is -0.190. The second kappa shape index (κ2) is 4.35. The lowest BCUT2D eigenvalue weighted by molar-refractivity contribution is 0.609. The van der Waals surface area contributed by atoms with E-state index in [1.165, 1.54) is 0 Å². The predicted octanol–water partition coefficient (Wildman–Crippen LogP) is 2.48. The molecule has 1 aromatic rings. The van der Waals surface area contributed by atoms with Crippen LogP contribution in [-0.4, -0.2) is 14.7 Å². The van der Waals surface area contributed by atoms with Crippen LogP contribution in [0, 0.1) is 0 Å². The summed E-state index contributed by atoms with van der Waals surface area (Å²) in [6, 6.07) is 7.32. The van der Waals surface area contributed by atoms with Crippen molar-refractivity contribution in [2.75, 3.05) is 6.26 Å². The van der Waals surface area contributed by atoms with Gasteiger partial charge in [0.05, 0.1) is 5.75 Å². The summed E-state index contributed by atoms with van der Waals surface area (Å²) in [7, 11) is 1.69. The van der Waals surface area contributed by atoms with Crippen LogP contribution in [0.25, 0.3) is 0 Å². The van der Waals surface area contributed by atoms with Gasteiger partial charge in [0.2, 0.25) is 9.05 Å². The fourth-order valence-corrected chi connectivity index (χ4v) is 2.40. The van der Waals surface area contributed by atoms with Crippen molar-refractivity contribution in [1.29, 1.82) is 0 Å². The molecule has 72 valence electrons. The minimum absolute atomic E-state index is 0.108. The van der Waals surface area contributed by atoms with Crippen molar-refractivity contribution in [2.24, 2.45) is 0 Å². The summed E-state index contributed by atoms with van der Waals surface area (Å²) in [6.07, 6.45) is 1.94. The number of thioether (sulfide) groups is 1. The van der Waals surface area contributed by atoms with Gasteiger partial charge < -0.3 is 0 Å². The Morgan fingerprint density at radius 2 is 2.15 bits per heavy atom. The third-order valence-electron chi connectivity index (χ3n) is 1.47. The summed E-state index contributed by atoms with van der Waals surface area (Å²) >= 11 is 1.57. The second-order valence-electron chi connectivity index (χ2n) is 2.53. The van der Waals surface area contributed by atoms with E-state index in [-0.39, 0.29) is 5.75 Å². The van der Waals surface area contributed by atoms with Crippen molar-refractivity contribution in [2.45, 2.75) is 10.6 Å². The zero-order chi connectivity index (χ0) is 9.90. The van der Waals surface area contributed by atoms with E-state index in [0.29, 0.717) is 0 Å². The molecule has 0 aliphatic carbocycles. The van der Waals surface area contributed by atoms with E-state index in [1.807, 2.05) is 24.5 Å². The summed E-state index contributed by atoms with van der Waals surface area (Å²) in [5.74, 6) is -0.108. The summed E-state index contributed by atoms with van der Waals surface area (Å²) in [5.41, 5.74) is 0.724. The minimum atomic E-state index is -3.44. The lowest BCUT2D eigenvalue weighted by Gasteiger charge is -2.00. The molecule has 0 aromatic heterocycles. The summed E-state index contributed by atoms with van der Waals surface area (Å²) in [6.45, 7) is 0. The fraction of sp³-hybridized carbons (Fsp3) is 0.250. The highest BCUT2D eigenvalue weighted by atomic mass is 35.7. The first kappa shape index (κ1) is 10.9. The van der Waals surface area contributed by atoms with Crippen molar-refractivity contribution in [3.63, 3.8) is 0 Å². The van der Waals surface area contributed by atoms with Gasteiger partial charge >= 0.3 is 0 Å². The van der Waals surface area contributed by atoms with Gasteiger partial charge in [-0.2, -0.15) is 0 Å². The zero-order valence-electron chi connectivity index (χ0n) is 7.03. The normalized spacial score (nSPS) is 11.5. The van der Waals surface area contributed by atoms with Gasteiger partial charge in [-0.05, 0) is 24.0 Å². The van der Waals surface area contributed by atoms with E-state index in [1.54, 1.807) is 17.8 Å². The predicted molar refractivity (Wildman–Crippen MR) is 56.7 cm³/mol. The lowest BCUT2D eigenvalue weighted by atomic mass is 10.2. The first-order valence-corrected chi connectivity index (χ1v) is 7.27. The van der Waals surface area contributed by atoms with Crippen molar-refractivity contribution < 1.29 is 8.42 Å². The highest BCUT2D eigenvalue weighted by Gasteiger charge is 2.06. The van der Waals surface area contributed by atoms with Crippen molar-refractivity contribution in [3.05, 3.63) is 29.8 Å². The molecule has 5 heteroatoms. The molecular weight excluding hydrogens is 228 g/mol. The fourth-order valence-electron chi connectivity index (χ4n) is 0.961. The van der Waals surface area contributed by atoms with Gasteiger partial charge in [-0.25, -0.2) is 8.42 Å². The molecule has 1 rings (SSSR count). The second-order valence-corrected chi connectivity index (χ2v) is 6.19. The number of benzene rings is 1. The van der Waals surface area contributed by atoms with Crippen LogP contribution in [0.5, 0.6) is 0 Å². The maximum Gasteiger partial charge on any atom is 0.236 e. The van der Waals surface area contributed by atoms with E-state index in [2.05, 4.69) is 0 Å². The van der Waals surface area contributed by atoms with Gasteiger partial charge in [-0.15, -0.1) is 11.8 Å². The van der Waals surface area contributed by atoms with Crippen LogP contribution in [0.15, 0.2) is 29.2 Å². The van der Waals surface area contributed by atoms with Crippen LogP contribution in [0.3, 0.4) is 0 Å². The molecule has 0 spiro atoms. The molecule has 2 nitrogen and oxygen atoms in total. The number of hydrogen-bond acceptors (Lipinski definition) is 3. The van der Waals surface area contributed by atoms with Gasteiger partial charge in [-0.1, -0.05) is 12.1 Å². The summed E-state index contributed by atoms with van der Waals surface area (Å²) in [4.78, 5) is 1.04. The highest BCUT2D eigenvalue weighted by Crippen LogP contribution is 2.18. The molecule has 0 heterocycles. The third kappa shape index (κ3) is 4.02. The average Bonchev–Trinajstić information content (AvgIpc) is 2.01. The Morgan fingerprint density at radius 3 is 2.69 bits per heavy atom. The van der Waals surface area contributed by atoms with Crippen molar-refractivity contribution in [3.8, 4) is 0 Å². The largest absolute Gasteiger partial charge is 0.236 e. The molecule has 1 aromatic carbocycles. The Balaban J connectivity index is 2.90. The molecule has 0 saturated heterocycles. The van der Waals surface area contributed by atoms with Crippen LogP contribution in [0.4, 0.5) is 0 Å². The highest BCUT2D eigenvalue weighted by molar-refractivity contribution is 8.13. The van der Waals surface area contributed by atoms with Gasteiger partial charge in [-0.3, -0.25) is 0 Å². The Morgan fingerprint density at radius 1 is 1.46 bits per heavy atom. The molecule has 0 N–H and O–H groups in total. The third-order valence-corrected chi connectivity index (χ3v) is 3.20. The summed E-state index contributed by atoms with van der Waals surface area (Å²) in [5, 5.41) is 0. The summed E-state index contributed by atoms with van der Waals surface area (Å²) < 4.78 is 21.5. The van der Waals surface area contributed by atoms with Crippen LogP contribution in [0.2, 0.25) is 0 Å². The molecule has 0 aliphatic heterocycles. The molecule has 0 amide bonds. The van der Waals surface area contributed by atoms with Crippen LogP contribution < -0.4 is 0 Å². The van der Waals surface area contributed by atoms with E-state index in [4.69, 9.17) is 10.7 Å². The van der Waals surface area contributed by atoms with Gasteiger partial charge in [0, 0.05) is 15.6 Å². The number of rotatable bonds is 3. The van der Waals surface area contributed by atoms with Crippen LogP contribution >= 0.6 is 22.4 Å². The number of hydrogen-bond donors (Lipinski definition) is 0. The lowest BCUT2D eigenvalue weighted by Crippen LogP contribution is -1.94. The van der Waals surface area contributed by atoms with Crippen molar-refractivity contribution >= 4 is 31.5 Å². The molecule has 0 fully saturated rings. The van der Waals surface area contributed by atoms with Gasteiger partial charge in [0.1, 0.15) is 0 Å². The maximum absolute atomic E-state index is 10.8. The molecule has 0 saturated carbocycles. The Bertz CT molecular complexity index is 387. The van der Waals surface area contributed by atoms with Gasteiger partial charge in [0.25, 0.3) is 0 Å². The first-order valence-electron chi connectivity index (χ1n) is 3.56. The van der Waals surface area contributed by atoms with E-state index < -0.39 is 9.05 Å². The standard InChI is InChI=1S/C8H9ClO2S2/c1-12-8-4-2-3-7(5-8)6-13(9,10)11/h2-5H,6H2,1H3. The molecule has 0 aliphatic rings. The molecule has 13 heavy (non-hydrogen) atoms. The number of halogens is 1. The quantitative estimate of drug-likeness (QED) is 0.597. The Labute approximate surface area is 86.7 Å². The van der Waals surface area contributed by atoms with E-state index in [0.717, 1.165) is 10.5 Å². The van der Waals surface area contributed by atoms with E-state index in [9.17, 15) is 8.42 Å². The van der Waals surface area contributed by atoms with Crippen LogP contribution in [-0.2, 0) is 14.8 Å². The monoisotopic (exact) mass is 236 g/mol. The Kier molecular flexibility index (Phi) is 3.64. The molecule has 0 radical (unpaired) electrons. The van der Waals surface area contributed by atoms with E-state index >= 15 is 0 Å². The molecule has 0 bridgehead atoms. The minimum Gasteiger partial charge on any atom is -0.212 e. The molecule has 0 atom stereocenters. The zero-order valence-corrected chi connectivity index (χ0v) is 9.42. The maximum atomic E-state index is 10.8. The average molecular weight is 237 g/mol. The smallest absolute Gasteiger partial charge is 0.212 e. The van der Waals surface area contributed by atoms with Crippen LogP contribution in [0.1, 0.15) is 5.56 Å². The first-order chi connectivity index (χ1) is 6.01. The molecular formula is C8H9ClO2S2.